The van der Waals surface area contributed by atoms with Gasteiger partial charge in [-0.2, -0.15) is 18.4 Å². The minimum Gasteiger partial charge on any atom is -0.333 e. The number of benzene rings is 2. The molecule has 0 fully saturated rings. The lowest BCUT2D eigenvalue weighted by atomic mass is 10.0. The number of fused-ring (bicyclic) bond motifs is 1. The van der Waals surface area contributed by atoms with Crippen LogP contribution in [0, 0.1) is 18.3 Å². The van der Waals surface area contributed by atoms with Gasteiger partial charge in [0.2, 0.25) is 5.91 Å². The highest BCUT2D eigenvalue weighted by atomic mass is 19.4. The van der Waals surface area contributed by atoms with Gasteiger partial charge in [-0.05, 0) is 62.6 Å². The van der Waals surface area contributed by atoms with Crippen LogP contribution in [0.4, 0.5) is 18.9 Å². The number of nitrogens with one attached hydrogen (secondary N) is 1. The van der Waals surface area contributed by atoms with Crippen molar-refractivity contribution in [3.63, 3.8) is 0 Å². The summed E-state index contributed by atoms with van der Waals surface area (Å²) in [6.45, 7) is 5.35. The normalized spacial score (nSPS) is 12.0. The quantitative estimate of drug-likeness (QED) is 0.672. The van der Waals surface area contributed by atoms with E-state index >= 15 is 0 Å². The van der Waals surface area contributed by atoms with Crippen molar-refractivity contribution >= 4 is 22.5 Å². The maximum atomic E-state index is 13.1. The van der Waals surface area contributed by atoms with Gasteiger partial charge >= 0.3 is 6.18 Å². The molecule has 3 rings (SSSR count). The first-order valence-corrected chi connectivity index (χ1v) is 8.55. The molecule has 0 unspecified atom stereocenters. The second-order valence-corrected chi connectivity index (χ2v) is 7.13. The van der Waals surface area contributed by atoms with Gasteiger partial charge in [0, 0.05) is 17.4 Å². The SMILES string of the molecule is Cc1ccc2c(ccn2C(C)(C)C(=O)Nc2ccc(C#N)c(C(F)(F)F)c2)c1. The zero-order valence-electron chi connectivity index (χ0n) is 15.6. The number of nitriles is 1. The Kier molecular flexibility index (Phi) is 4.67. The second-order valence-electron chi connectivity index (χ2n) is 7.13. The van der Waals surface area contributed by atoms with Gasteiger partial charge in [0.1, 0.15) is 5.54 Å². The first-order chi connectivity index (χ1) is 13.0. The molecule has 0 saturated carbocycles. The number of hydrogen-bond acceptors (Lipinski definition) is 2. The van der Waals surface area contributed by atoms with E-state index in [1.807, 2.05) is 31.2 Å². The van der Waals surface area contributed by atoms with Crippen LogP contribution in [-0.2, 0) is 16.5 Å². The second kappa shape index (κ2) is 6.71. The predicted molar refractivity (Wildman–Crippen MR) is 101 cm³/mol. The molecule has 0 aliphatic carbocycles. The monoisotopic (exact) mass is 385 g/mol. The zero-order chi connectivity index (χ0) is 20.7. The van der Waals surface area contributed by atoms with Gasteiger partial charge in [-0.3, -0.25) is 4.79 Å². The summed E-state index contributed by atoms with van der Waals surface area (Å²) in [6, 6.07) is 12.4. The molecule has 1 amide bonds. The number of amides is 1. The van der Waals surface area contributed by atoms with Crippen LogP contribution in [0.2, 0.25) is 0 Å². The van der Waals surface area contributed by atoms with Gasteiger partial charge in [0.15, 0.2) is 0 Å². The van der Waals surface area contributed by atoms with E-state index in [1.165, 1.54) is 12.1 Å². The van der Waals surface area contributed by atoms with E-state index in [2.05, 4.69) is 5.32 Å². The highest BCUT2D eigenvalue weighted by molar-refractivity contribution is 5.97. The van der Waals surface area contributed by atoms with E-state index in [0.717, 1.165) is 28.6 Å². The Labute approximate surface area is 160 Å². The molecule has 0 bridgehead atoms. The molecule has 144 valence electrons. The van der Waals surface area contributed by atoms with Gasteiger partial charge in [-0.1, -0.05) is 11.6 Å². The predicted octanol–water partition coefficient (Wildman–Crippen LogP) is 5.21. The summed E-state index contributed by atoms with van der Waals surface area (Å²) in [5, 5.41) is 12.4. The van der Waals surface area contributed by atoms with Crippen molar-refractivity contribution in [3.05, 3.63) is 65.4 Å². The fourth-order valence-electron chi connectivity index (χ4n) is 3.10. The van der Waals surface area contributed by atoms with Gasteiger partial charge < -0.3 is 9.88 Å². The number of halogens is 3. The lowest BCUT2D eigenvalue weighted by Crippen LogP contribution is -2.39. The molecule has 0 radical (unpaired) electrons. The zero-order valence-corrected chi connectivity index (χ0v) is 15.6. The van der Waals surface area contributed by atoms with Crippen molar-refractivity contribution in [2.45, 2.75) is 32.5 Å². The summed E-state index contributed by atoms with van der Waals surface area (Å²) in [5.74, 6) is -0.469. The maximum absolute atomic E-state index is 13.1. The molecule has 0 saturated heterocycles. The van der Waals surface area contributed by atoms with Crippen molar-refractivity contribution in [1.82, 2.24) is 4.57 Å². The lowest BCUT2D eigenvalue weighted by Gasteiger charge is -2.27. The smallest absolute Gasteiger partial charge is 0.333 e. The third-order valence-corrected chi connectivity index (χ3v) is 4.71. The number of alkyl halides is 3. The minimum atomic E-state index is -4.68. The Morgan fingerprint density at radius 1 is 1.11 bits per heavy atom. The van der Waals surface area contributed by atoms with Gasteiger partial charge in [-0.25, -0.2) is 0 Å². The molecule has 28 heavy (non-hydrogen) atoms. The van der Waals surface area contributed by atoms with E-state index in [0.29, 0.717) is 0 Å². The van der Waals surface area contributed by atoms with E-state index in [9.17, 15) is 18.0 Å². The van der Waals surface area contributed by atoms with Crippen molar-refractivity contribution < 1.29 is 18.0 Å². The first-order valence-electron chi connectivity index (χ1n) is 8.55. The summed E-state index contributed by atoms with van der Waals surface area (Å²) in [7, 11) is 0. The van der Waals surface area contributed by atoms with Gasteiger partial charge in [0.25, 0.3) is 0 Å². The molecule has 2 aromatic carbocycles. The summed E-state index contributed by atoms with van der Waals surface area (Å²) < 4.78 is 41.2. The van der Waals surface area contributed by atoms with Crippen LogP contribution in [0.25, 0.3) is 10.9 Å². The third kappa shape index (κ3) is 3.46. The Morgan fingerprint density at radius 2 is 1.82 bits per heavy atom. The van der Waals surface area contributed by atoms with E-state index in [-0.39, 0.29) is 5.69 Å². The molecule has 4 nitrogen and oxygen atoms in total. The Hall–Kier alpha value is -3.27. The number of rotatable bonds is 3. The molecule has 0 aliphatic rings. The Bertz CT molecular complexity index is 1100. The van der Waals surface area contributed by atoms with Crippen LogP contribution in [0.15, 0.2) is 48.7 Å². The number of hydrogen-bond donors (Lipinski definition) is 1. The van der Waals surface area contributed by atoms with Gasteiger partial charge in [0.05, 0.1) is 17.2 Å². The highest BCUT2D eigenvalue weighted by Gasteiger charge is 2.35. The Balaban J connectivity index is 1.94. The minimum absolute atomic E-state index is 0.0169. The van der Waals surface area contributed by atoms with Crippen LogP contribution in [-0.4, -0.2) is 10.5 Å². The van der Waals surface area contributed by atoms with Crippen molar-refractivity contribution in [2.75, 3.05) is 5.32 Å². The number of aryl methyl sites for hydroxylation is 1. The highest BCUT2D eigenvalue weighted by Crippen LogP contribution is 2.34. The molecule has 1 N–H and O–H groups in total. The topological polar surface area (TPSA) is 57.8 Å². The Morgan fingerprint density at radius 3 is 2.46 bits per heavy atom. The molecular weight excluding hydrogens is 367 g/mol. The fourth-order valence-corrected chi connectivity index (χ4v) is 3.10. The molecule has 7 heteroatoms. The van der Waals surface area contributed by atoms with Gasteiger partial charge in [-0.15, -0.1) is 0 Å². The summed E-state index contributed by atoms with van der Waals surface area (Å²) >= 11 is 0. The van der Waals surface area contributed by atoms with Crippen LogP contribution < -0.4 is 5.32 Å². The molecule has 3 aromatic rings. The van der Waals surface area contributed by atoms with Crippen molar-refractivity contribution in [1.29, 1.82) is 5.26 Å². The van der Waals surface area contributed by atoms with E-state index in [4.69, 9.17) is 5.26 Å². The summed E-state index contributed by atoms with van der Waals surface area (Å²) in [5.41, 5.74) is -0.699. The molecule has 0 atom stereocenters. The third-order valence-electron chi connectivity index (χ3n) is 4.71. The van der Waals surface area contributed by atoms with Crippen LogP contribution in [0.1, 0.15) is 30.5 Å². The molecule has 0 spiro atoms. The molecule has 1 aromatic heterocycles. The number of carbonyl (C=O) groups is 1. The number of aromatic nitrogens is 1. The van der Waals surface area contributed by atoms with Crippen molar-refractivity contribution in [3.8, 4) is 6.07 Å². The molecule has 1 heterocycles. The van der Waals surface area contributed by atoms with Crippen LogP contribution in [0.3, 0.4) is 0 Å². The lowest BCUT2D eigenvalue weighted by molar-refractivity contribution is -0.137. The van der Waals surface area contributed by atoms with Crippen LogP contribution >= 0.6 is 0 Å². The van der Waals surface area contributed by atoms with Crippen molar-refractivity contribution in [2.24, 2.45) is 0 Å². The number of nitrogens with zero attached hydrogens (tertiary/aromatic N) is 2. The first kappa shape index (κ1) is 19.5. The number of anilines is 1. The summed E-state index contributed by atoms with van der Waals surface area (Å²) in [6.07, 6.45) is -2.90. The molecule has 0 aliphatic heterocycles. The molecular formula is C21H18F3N3O. The van der Waals surface area contributed by atoms with E-state index in [1.54, 1.807) is 24.6 Å². The van der Waals surface area contributed by atoms with E-state index < -0.39 is 28.7 Å². The largest absolute Gasteiger partial charge is 0.417 e. The standard InChI is InChI=1S/C21H18F3N3O/c1-13-4-7-18-14(10-13)8-9-27(18)20(2,3)19(28)26-16-6-5-15(12-25)17(11-16)21(22,23)24/h4-11H,1-3H3,(H,26,28). The number of carbonyl (C=O) groups excluding carboxylic acids is 1. The maximum Gasteiger partial charge on any atom is 0.417 e. The fraction of sp³-hybridized carbons (Fsp3) is 0.238. The van der Waals surface area contributed by atoms with Crippen LogP contribution in [0.5, 0.6) is 0 Å². The summed E-state index contributed by atoms with van der Waals surface area (Å²) in [4.78, 5) is 12.9. The average Bonchev–Trinajstić information content (AvgIpc) is 3.04. The average molecular weight is 385 g/mol.